The number of ether oxygens (including phenoxy) is 3. The number of benzene rings is 1. The molecule has 0 aliphatic heterocycles. The molecule has 3 heterocycles. The molecule has 49 heavy (non-hydrogen) atoms. The van der Waals surface area contributed by atoms with Gasteiger partial charge in [0.25, 0.3) is 11.5 Å². The molecule has 1 atom stereocenters. The number of aliphatic carboxylic acids is 1. The molecule has 0 fully saturated rings. The van der Waals surface area contributed by atoms with Crippen LogP contribution in [0.15, 0.2) is 41.5 Å². The van der Waals surface area contributed by atoms with Gasteiger partial charge in [-0.2, -0.15) is 4.98 Å². The number of nitrogens with two attached hydrogens (primary N) is 1. The van der Waals surface area contributed by atoms with E-state index in [0.29, 0.717) is 51.0 Å². The van der Waals surface area contributed by atoms with Crippen LogP contribution in [0.4, 0.5) is 11.6 Å². The van der Waals surface area contributed by atoms with Crippen molar-refractivity contribution in [2.24, 2.45) is 0 Å². The van der Waals surface area contributed by atoms with Crippen molar-refractivity contribution in [1.29, 1.82) is 0 Å². The number of carboxylic acids is 1. The number of nitrogens with one attached hydrogen (secondary N) is 4. The monoisotopic (exact) mass is 681 g/mol. The first-order valence-electron chi connectivity index (χ1n) is 15.4. The minimum absolute atomic E-state index is 0.0530. The minimum Gasteiger partial charge on any atom is -0.480 e. The van der Waals surface area contributed by atoms with Crippen molar-refractivity contribution in [2.45, 2.75) is 38.9 Å². The van der Waals surface area contributed by atoms with E-state index in [4.69, 9.17) is 19.9 Å². The lowest BCUT2D eigenvalue weighted by Gasteiger charge is -2.15. The first kappa shape index (κ1) is 36.3. The fourth-order valence-corrected chi connectivity index (χ4v) is 4.32. The fourth-order valence-electron chi connectivity index (χ4n) is 4.32. The highest BCUT2D eigenvalue weighted by Crippen LogP contribution is 2.12. The van der Waals surface area contributed by atoms with Crippen LogP contribution in [0.2, 0.25) is 0 Å². The van der Waals surface area contributed by atoms with Crippen LogP contribution in [0, 0.1) is 6.92 Å². The molecule has 0 unspecified atom stereocenters. The molecule has 4 rings (SSSR count). The molecule has 0 aliphatic rings. The van der Waals surface area contributed by atoms with Crippen molar-refractivity contribution in [3.05, 3.63) is 64.0 Å². The topological polar surface area (TPSA) is 263 Å². The van der Waals surface area contributed by atoms with Crippen LogP contribution in [0.1, 0.15) is 34.6 Å². The van der Waals surface area contributed by atoms with Crippen LogP contribution in [0.5, 0.6) is 0 Å². The summed E-state index contributed by atoms with van der Waals surface area (Å²) in [5.41, 5.74) is 7.41. The molecule has 19 heteroatoms. The quantitative estimate of drug-likeness (QED) is 0.0613. The molecule has 0 radical (unpaired) electrons. The maximum absolute atomic E-state index is 12.7. The van der Waals surface area contributed by atoms with Crippen molar-refractivity contribution < 1.29 is 33.7 Å². The van der Waals surface area contributed by atoms with Crippen LogP contribution < -0.4 is 27.2 Å². The lowest BCUT2D eigenvalue weighted by Crippen LogP contribution is -2.41. The molecule has 0 saturated carbocycles. The molecule has 2 amide bonds. The highest BCUT2D eigenvalue weighted by Gasteiger charge is 2.22. The average molecular weight is 682 g/mol. The summed E-state index contributed by atoms with van der Waals surface area (Å²) < 4.78 is 18.1. The number of aromatic amines is 1. The van der Waals surface area contributed by atoms with Gasteiger partial charge in [0.15, 0.2) is 11.2 Å². The Morgan fingerprint density at radius 1 is 1.02 bits per heavy atom. The van der Waals surface area contributed by atoms with Gasteiger partial charge in [-0.05, 0) is 37.6 Å². The molecule has 0 saturated heterocycles. The van der Waals surface area contributed by atoms with Gasteiger partial charge < -0.3 is 41.0 Å². The normalized spacial score (nSPS) is 11.7. The smallest absolute Gasteiger partial charge is 0.326 e. The predicted molar refractivity (Wildman–Crippen MR) is 174 cm³/mol. The van der Waals surface area contributed by atoms with Gasteiger partial charge in [-0.3, -0.25) is 19.4 Å². The van der Waals surface area contributed by atoms with E-state index in [9.17, 15) is 24.3 Å². The Kier molecular flexibility index (Phi) is 13.9. The number of carbonyl (C=O) groups excluding carboxylic acids is 2. The van der Waals surface area contributed by atoms with Gasteiger partial charge in [-0.25, -0.2) is 19.4 Å². The van der Waals surface area contributed by atoms with E-state index >= 15 is 0 Å². The second-order valence-electron chi connectivity index (χ2n) is 10.6. The molecule has 0 spiro atoms. The SMILES string of the molecule is Cc1cn(CCOCCOCCOCCNC(=O)CC[C@H](NC(=O)c2ccc(NCc3cnc4nc(N)[nH]c(=O)c4n3)cc2)C(=O)O)nn1. The lowest BCUT2D eigenvalue weighted by atomic mass is 10.1. The van der Waals surface area contributed by atoms with Crippen LogP contribution in [-0.2, 0) is 36.9 Å². The Morgan fingerprint density at radius 3 is 2.43 bits per heavy atom. The van der Waals surface area contributed by atoms with Gasteiger partial charge in [0.05, 0.1) is 70.3 Å². The number of anilines is 2. The number of rotatable bonds is 21. The zero-order chi connectivity index (χ0) is 35.0. The Labute approximate surface area is 280 Å². The van der Waals surface area contributed by atoms with Gasteiger partial charge in [0.1, 0.15) is 6.04 Å². The standard InChI is InChI=1S/C30H39N11O8/c1-19-18-41(40-39-19)9-11-48-13-15-49-14-12-47-10-8-32-24(42)7-6-23(29(45)46)36-27(43)20-2-4-21(5-3-20)33-16-22-17-34-26-25(35-22)28(44)38-30(31)37-26/h2-5,17-18,23,33H,6-16H2,1H3,(H,32,42)(H,36,43)(H,45,46)(H3,31,34,37,38,44)/t23-/m0/s1. The minimum atomic E-state index is -1.26. The molecule has 4 aromatic rings. The van der Waals surface area contributed by atoms with Gasteiger partial charge in [0, 0.05) is 30.4 Å². The van der Waals surface area contributed by atoms with E-state index in [1.165, 1.54) is 18.3 Å². The molecule has 7 N–H and O–H groups in total. The summed E-state index contributed by atoms with van der Waals surface area (Å²) in [7, 11) is 0. The first-order chi connectivity index (χ1) is 23.7. The summed E-state index contributed by atoms with van der Waals surface area (Å²) >= 11 is 0. The van der Waals surface area contributed by atoms with Gasteiger partial charge in [0.2, 0.25) is 11.9 Å². The number of nitrogen functional groups attached to an aromatic ring is 1. The Bertz CT molecular complexity index is 1750. The molecule has 19 nitrogen and oxygen atoms in total. The molecular formula is C30H39N11O8. The zero-order valence-electron chi connectivity index (χ0n) is 26.9. The van der Waals surface area contributed by atoms with Crippen LogP contribution in [-0.4, -0.2) is 110 Å². The Balaban J connectivity index is 1.06. The third kappa shape index (κ3) is 12.2. The van der Waals surface area contributed by atoms with Crippen LogP contribution in [0.3, 0.4) is 0 Å². The summed E-state index contributed by atoms with van der Waals surface area (Å²) in [5, 5.41) is 25.6. The molecule has 3 aromatic heterocycles. The number of fused-ring (bicyclic) bond motifs is 1. The van der Waals surface area contributed by atoms with Crippen molar-refractivity contribution in [1.82, 2.24) is 45.6 Å². The Hall–Kier alpha value is -5.53. The van der Waals surface area contributed by atoms with Crippen molar-refractivity contribution >= 4 is 40.6 Å². The molecule has 262 valence electrons. The van der Waals surface area contributed by atoms with Crippen molar-refractivity contribution in [2.75, 3.05) is 57.2 Å². The van der Waals surface area contributed by atoms with Gasteiger partial charge in [-0.1, -0.05) is 5.21 Å². The number of carboxylic acid groups (broad SMARTS) is 1. The summed E-state index contributed by atoms with van der Waals surface area (Å²) in [6, 6.07) is 5.05. The fraction of sp³-hybridized carbons (Fsp3) is 0.433. The number of H-pyrrole nitrogens is 1. The molecule has 0 aliphatic carbocycles. The second kappa shape index (κ2) is 18.7. The third-order valence-electron chi connectivity index (χ3n) is 6.80. The van der Waals surface area contributed by atoms with Crippen molar-refractivity contribution in [3.8, 4) is 0 Å². The maximum Gasteiger partial charge on any atom is 0.326 e. The van der Waals surface area contributed by atoms with Crippen molar-refractivity contribution in [3.63, 3.8) is 0 Å². The molecular weight excluding hydrogens is 642 g/mol. The van der Waals surface area contributed by atoms with E-state index in [-0.39, 0.29) is 61.1 Å². The number of amides is 2. The summed E-state index contributed by atoms with van der Waals surface area (Å²) in [6.45, 7) is 5.29. The van der Waals surface area contributed by atoms with E-state index < -0.39 is 23.5 Å². The van der Waals surface area contributed by atoms with E-state index in [2.05, 4.69) is 46.2 Å². The second-order valence-corrected chi connectivity index (χ2v) is 10.6. The lowest BCUT2D eigenvalue weighted by molar-refractivity contribution is -0.139. The van der Waals surface area contributed by atoms with Crippen LogP contribution in [0.25, 0.3) is 11.2 Å². The predicted octanol–water partition coefficient (Wildman–Crippen LogP) is -0.363. The number of hydrogen-bond acceptors (Lipinski definition) is 14. The Morgan fingerprint density at radius 2 is 1.73 bits per heavy atom. The van der Waals surface area contributed by atoms with E-state index in [1.807, 2.05) is 13.1 Å². The average Bonchev–Trinajstić information content (AvgIpc) is 3.50. The highest BCUT2D eigenvalue weighted by molar-refractivity contribution is 5.97. The third-order valence-corrected chi connectivity index (χ3v) is 6.80. The largest absolute Gasteiger partial charge is 0.480 e. The molecule has 1 aromatic carbocycles. The van der Waals surface area contributed by atoms with Crippen LogP contribution >= 0.6 is 0 Å². The number of hydrogen-bond donors (Lipinski definition) is 6. The number of nitrogens with zero attached hydrogens (tertiary/aromatic N) is 6. The molecule has 0 bridgehead atoms. The summed E-state index contributed by atoms with van der Waals surface area (Å²) in [6.07, 6.45) is 3.10. The maximum atomic E-state index is 12.7. The van der Waals surface area contributed by atoms with Gasteiger partial charge >= 0.3 is 5.97 Å². The zero-order valence-corrected chi connectivity index (χ0v) is 26.9. The van der Waals surface area contributed by atoms with Gasteiger partial charge in [-0.15, -0.1) is 5.10 Å². The number of aromatic nitrogens is 7. The highest BCUT2D eigenvalue weighted by atomic mass is 16.5. The number of carbonyl (C=O) groups is 3. The number of aryl methyl sites for hydroxylation is 1. The van der Waals surface area contributed by atoms with E-state index in [0.717, 1.165) is 5.69 Å². The first-order valence-corrected chi connectivity index (χ1v) is 15.4. The summed E-state index contributed by atoms with van der Waals surface area (Å²) in [5.74, 6) is -2.28. The van der Waals surface area contributed by atoms with E-state index in [1.54, 1.807) is 16.8 Å². The summed E-state index contributed by atoms with van der Waals surface area (Å²) in [4.78, 5) is 63.4.